The molecule has 0 bridgehead atoms. The third kappa shape index (κ3) is 3.84. The van der Waals surface area contributed by atoms with E-state index in [1.54, 1.807) is 0 Å². The molecule has 1 aromatic carbocycles. The van der Waals surface area contributed by atoms with Crippen molar-refractivity contribution in [3.63, 3.8) is 0 Å². The number of hydrogen-bond acceptors (Lipinski definition) is 3. The average molecular weight is 376 g/mol. The van der Waals surface area contributed by atoms with Gasteiger partial charge in [-0.15, -0.1) is 0 Å². The van der Waals surface area contributed by atoms with E-state index in [0.717, 1.165) is 19.3 Å². The van der Waals surface area contributed by atoms with Crippen LogP contribution in [0.25, 0.3) is 0 Å². The van der Waals surface area contributed by atoms with Crippen molar-refractivity contribution in [2.24, 2.45) is 11.8 Å². The van der Waals surface area contributed by atoms with E-state index in [9.17, 15) is 13.2 Å². The number of carbonyl (C=O) groups is 1. The van der Waals surface area contributed by atoms with Crippen LogP contribution < -0.4 is 4.72 Å². The van der Waals surface area contributed by atoms with Crippen LogP contribution in [-0.2, 0) is 10.0 Å². The summed E-state index contributed by atoms with van der Waals surface area (Å²) in [6, 6.07) is 3.91. The number of hydrogen-bond donors (Lipinski definition) is 2. The van der Waals surface area contributed by atoms with Crippen LogP contribution in [0.4, 0.5) is 0 Å². The van der Waals surface area contributed by atoms with Crippen LogP contribution in [0.1, 0.15) is 36.5 Å². The Morgan fingerprint density at radius 3 is 2.67 bits per heavy atom. The molecule has 0 aliphatic heterocycles. The molecule has 0 spiro atoms. The third-order valence-electron chi connectivity index (χ3n) is 4.04. The van der Waals surface area contributed by atoms with Gasteiger partial charge in [-0.25, -0.2) is 17.9 Å². The van der Waals surface area contributed by atoms with Gasteiger partial charge in [-0.1, -0.05) is 19.8 Å². The van der Waals surface area contributed by atoms with E-state index in [1.165, 1.54) is 18.2 Å². The fourth-order valence-electron chi connectivity index (χ4n) is 2.67. The van der Waals surface area contributed by atoms with Gasteiger partial charge in [0.05, 0.1) is 10.5 Å². The molecule has 7 heteroatoms. The van der Waals surface area contributed by atoms with Gasteiger partial charge in [0.2, 0.25) is 10.0 Å². The maximum atomic E-state index is 12.3. The Kier molecular flexibility index (Phi) is 5.06. The number of carboxylic acids is 1. The van der Waals surface area contributed by atoms with Crippen LogP contribution in [0.5, 0.6) is 0 Å². The number of benzene rings is 1. The summed E-state index contributed by atoms with van der Waals surface area (Å²) in [5.41, 5.74) is 0.0465. The van der Waals surface area contributed by atoms with Gasteiger partial charge in [-0.2, -0.15) is 0 Å². The highest BCUT2D eigenvalue weighted by Gasteiger charge is 2.26. The van der Waals surface area contributed by atoms with Crippen molar-refractivity contribution in [3.8, 4) is 0 Å². The molecular formula is C14H18BrNO4S. The topological polar surface area (TPSA) is 83.5 Å². The summed E-state index contributed by atoms with van der Waals surface area (Å²) in [6.45, 7) is 2.57. The Morgan fingerprint density at radius 1 is 1.43 bits per heavy atom. The number of sulfonamides is 1. The highest BCUT2D eigenvalue weighted by atomic mass is 79.9. The van der Waals surface area contributed by atoms with Crippen molar-refractivity contribution < 1.29 is 18.3 Å². The standard InChI is InChI=1S/C14H18BrNO4S/c1-9-3-2-4-11(9)8-16-21(19,20)13-6-5-10(14(17)18)7-12(13)15/h5-7,9,11,16H,2-4,8H2,1H3,(H,17,18). The molecular weight excluding hydrogens is 358 g/mol. The summed E-state index contributed by atoms with van der Waals surface area (Å²) in [7, 11) is -3.63. The van der Waals surface area contributed by atoms with Gasteiger partial charge >= 0.3 is 5.97 Å². The maximum absolute atomic E-state index is 12.3. The SMILES string of the molecule is CC1CCCC1CNS(=O)(=O)c1ccc(C(=O)O)cc1Br. The second-order valence-corrected chi connectivity index (χ2v) is 8.06. The van der Waals surface area contributed by atoms with Crippen LogP contribution >= 0.6 is 15.9 Å². The Balaban J connectivity index is 2.14. The highest BCUT2D eigenvalue weighted by Crippen LogP contribution is 2.31. The third-order valence-corrected chi connectivity index (χ3v) is 6.44. The molecule has 2 unspecified atom stereocenters. The number of carboxylic acid groups (broad SMARTS) is 1. The van der Waals surface area contributed by atoms with Crippen molar-refractivity contribution in [1.29, 1.82) is 0 Å². The first-order valence-corrected chi connectivity index (χ1v) is 9.11. The molecule has 1 saturated carbocycles. The van der Waals surface area contributed by atoms with Gasteiger partial charge in [0.25, 0.3) is 0 Å². The Bertz CT molecular complexity index is 644. The molecule has 1 fully saturated rings. The molecule has 21 heavy (non-hydrogen) atoms. The lowest BCUT2D eigenvalue weighted by molar-refractivity contribution is 0.0696. The smallest absolute Gasteiger partial charge is 0.335 e. The predicted molar refractivity (Wildman–Crippen MR) is 82.8 cm³/mol. The zero-order valence-corrected chi connectivity index (χ0v) is 14.1. The molecule has 2 N–H and O–H groups in total. The van der Waals surface area contributed by atoms with Crippen LogP contribution in [-0.4, -0.2) is 26.0 Å². The number of aromatic carboxylic acids is 1. The van der Waals surface area contributed by atoms with Crippen molar-refractivity contribution in [1.82, 2.24) is 4.72 Å². The first-order chi connectivity index (χ1) is 9.81. The first kappa shape index (κ1) is 16.5. The first-order valence-electron chi connectivity index (χ1n) is 6.84. The van der Waals surface area contributed by atoms with Crippen LogP contribution in [0, 0.1) is 11.8 Å². The lowest BCUT2D eigenvalue weighted by Gasteiger charge is -2.16. The van der Waals surface area contributed by atoms with Gasteiger partial charge in [0.1, 0.15) is 0 Å². The Hall–Kier alpha value is -0.920. The molecule has 0 aromatic heterocycles. The molecule has 0 amide bonds. The predicted octanol–water partition coefficient (Wildman–Crippen LogP) is 2.86. The Morgan fingerprint density at radius 2 is 2.14 bits per heavy atom. The summed E-state index contributed by atoms with van der Waals surface area (Å²) in [4.78, 5) is 10.9. The molecule has 116 valence electrons. The van der Waals surface area contributed by atoms with Crippen LogP contribution in [0.15, 0.2) is 27.6 Å². The van der Waals surface area contributed by atoms with Gasteiger partial charge in [0.15, 0.2) is 0 Å². The molecule has 5 nitrogen and oxygen atoms in total. The van der Waals surface area contributed by atoms with Crippen molar-refractivity contribution in [2.75, 3.05) is 6.54 Å². The highest BCUT2D eigenvalue weighted by molar-refractivity contribution is 9.10. The van der Waals surface area contributed by atoms with Crippen molar-refractivity contribution >= 4 is 31.9 Å². The van der Waals surface area contributed by atoms with E-state index in [2.05, 4.69) is 27.6 Å². The van der Waals surface area contributed by atoms with E-state index in [-0.39, 0.29) is 14.9 Å². The second-order valence-electron chi connectivity index (χ2n) is 5.47. The normalized spacial score (nSPS) is 22.4. The molecule has 0 saturated heterocycles. The summed E-state index contributed by atoms with van der Waals surface area (Å²) in [6.07, 6.45) is 3.33. The van der Waals surface area contributed by atoms with E-state index in [0.29, 0.717) is 18.4 Å². The average Bonchev–Trinajstić information content (AvgIpc) is 2.81. The number of halogens is 1. The molecule has 1 aliphatic rings. The second kappa shape index (κ2) is 6.46. The summed E-state index contributed by atoms with van der Waals surface area (Å²) in [5, 5.41) is 8.89. The summed E-state index contributed by atoms with van der Waals surface area (Å²) >= 11 is 3.13. The van der Waals surface area contributed by atoms with Crippen molar-refractivity contribution in [2.45, 2.75) is 31.1 Å². The fraction of sp³-hybridized carbons (Fsp3) is 0.500. The summed E-state index contributed by atoms with van der Waals surface area (Å²) in [5.74, 6) is -0.185. The molecule has 0 radical (unpaired) electrons. The molecule has 1 aromatic rings. The zero-order valence-electron chi connectivity index (χ0n) is 11.7. The molecule has 1 aliphatic carbocycles. The molecule has 2 atom stereocenters. The van der Waals surface area contributed by atoms with E-state index in [1.807, 2.05) is 0 Å². The van der Waals surface area contributed by atoms with Gasteiger partial charge in [-0.3, -0.25) is 0 Å². The quantitative estimate of drug-likeness (QED) is 0.828. The Labute approximate surface area is 132 Å². The van der Waals surface area contributed by atoms with Gasteiger partial charge in [0, 0.05) is 11.0 Å². The van der Waals surface area contributed by atoms with Gasteiger partial charge < -0.3 is 5.11 Å². The minimum atomic E-state index is -3.63. The maximum Gasteiger partial charge on any atom is 0.335 e. The van der Waals surface area contributed by atoms with Crippen molar-refractivity contribution in [3.05, 3.63) is 28.2 Å². The van der Waals surface area contributed by atoms with E-state index >= 15 is 0 Å². The van der Waals surface area contributed by atoms with Gasteiger partial charge in [-0.05, 0) is 52.4 Å². The largest absolute Gasteiger partial charge is 0.478 e. The summed E-state index contributed by atoms with van der Waals surface area (Å²) < 4.78 is 27.5. The minimum absolute atomic E-state index is 0.0465. The number of nitrogens with one attached hydrogen (secondary N) is 1. The monoisotopic (exact) mass is 375 g/mol. The van der Waals surface area contributed by atoms with Crippen LogP contribution in [0.2, 0.25) is 0 Å². The lowest BCUT2D eigenvalue weighted by Crippen LogP contribution is -2.30. The number of rotatable bonds is 5. The molecule has 0 heterocycles. The van der Waals surface area contributed by atoms with E-state index < -0.39 is 16.0 Å². The van der Waals surface area contributed by atoms with Crippen LogP contribution in [0.3, 0.4) is 0 Å². The van der Waals surface area contributed by atoms with E-state index in [4.69, 9.17) is 5.11 Å². The lowest BCUT2D eigenvalue weighted by atomic mass is 9.99. The molecule has 2 rings (SSSR count). The minimum Gasteiger partial charge on any atom is -0.478 e. The fourth-order valence-corrected chi connectivity index (χ4v) is 4.84. The zero-order chi connectivity index (χ0) is 15.6.